The fourth-order valence-electron chi connectivity index (χ4n) is 3.84. The van der Waals surface area contributed by atoms with E-state index in [-0.39, 0.29) is 0 Å². The van der Waals surface area contributed by atoms with Crippen LogP contribution in [0.2, 0.25) is 0 Å². The van der Waals surface area contributed by atoms with Crippen molar-refractivity contribution >= 4 is 16.6 Å². The first kappa shape index (κ1) is 13.4. The number of nitrogen functional groups attached to an aromatic ring is 1. The Morgan fingerprint density at radius 3 is 2.55 bits per heavy atom. The van der Waals surface area contributed by atoms with Gasteiger partial charge in [0.1, 0.15) is 0 Å². The van der Waals surface area contributed by atoms with Crippen LogP contribution in [0.3, 0.4) is 0 Å². The molecule has 0 atom stereocenters. The van der Waals surface area contributed by atoms with Crippen molar-refractivity contribution in [2.24, 2.45) is 0 Å². The second-order valence-corrected chi connectivity index (χ2v) is 6.30. The van der Waals surface area contributed by atoms with E-state index in [1.807, 2.05) is 6.07 Å². The highest BCUT2D eigenvalue weighted by Crippen LogP contribution is 2.34. The van der Waals surface area contributed by atoms with E-state index in [1.54, 1.807) is 0 Å². The van der Waals surface area contributed by atoms with Crippen LogP contribution in [-0.2, 0) is 19.4 Å². The van der Waals surface area contributed by atoms with Crippen molar-refractivity contribution in [1.29, 1.82) is 0 Å². The van der Waals surface area contributed by atoms with Crippen LogP contribution in [0.25, 0.3) is 10.9 Å². The average molecular weight is 290 g/mol. The van der Waals surface area contributed by atoms with Crippen LogP contribution in [0.5, 0.6) is 0 Å². The van der Waals surface area contributed by atoms with E-state index >= 15 is 0 Å². The summed E-state index contributed by atoms with van der Waals surface area (Å²) in [6.07, 6.45) is 6.29. The molecule has 2 aromatic carbocycles. The van der Waals surface area contributed by atoms with Gasteiger partial charge in [0.2, 0.25) is 0 Å². The summed E-state index contributed by atoms with van der Waals surface area (Å²) in [5.41, 5.74) is 12.9. The van der Waals surface area contributed by atoms with Crippen LogP contribution in [0, 0.1) is 0 Å². The molecule has 0 saturated carbocycles. The van der Waals surface area contributed by atoms with Gasteiger partial charge < -0.3 is 10.3 Å². The molecule has 0 fully saturated rings. The fraction of sp³-hybridized carbons (Fsp3) is 0.300. The van der Waals surface area contributed by atoms with Gasteiger partial charge in [0.25, 0.3) is 0 Å². The van der Waals surface area contributed by atoms with Gasteiger partial charge in [-0.1, -0.05) is 48.9 Å². The largest absolute Gasteiger partial charge is 0.397 e. The number of nitrogens with two attached hydrogens (primary N) is 1. The quantitative estimate of drug-likeness (QED) is 0.545. The SMILES string of the molecule is Nc1cccc2c3c(n(Cc4ccccc4)c12)CCCCC3. The van der Waals surface area contributed by atoms with Gasteiger partial charge in [0.05, 0.1) is 11.2 Å². The number of benzene rings is 2. The van der Waals surface area contributed by atoms with E-state index < -0.39 is 0 Å². The minimum absolute atomic E-state index is 0.904. The third-order valence-electron chi connectivity index (χ3n) is 4.86. The van der Waals surface area contributed by atoms with Gasteiger partial charge >= 0.3 is 0 Å². The molecule has 0 saturated heterocycles. The molecular formula is C20H22N2. The summed E-state index contributed by atoms with van der Waals surface area (Å²) >= 11 is 0. The lowest BCUT2D eigenvalue weighted by Gasteiger charge is -2.12. The van der Waals surface area contributed by atoms with Gasteiger partial charge in [-0.3, -0.25) is 0 Å². The minimum atomic E-state index is 0.904. The van der Waals surface area contributed by atoms with E-state index in [0.717, 1.165) is 12.2 Å². The first-order chi connectivity index (χ1) is 10.8. The lowest BCUT2D eigenvalue weighted by atomic mass is 10.1. The summed E-state index contributed by atoms with van der Waals surface area (Å²) in [5, 5.41) is 1.37. The maximum Gasteiger partial charge on any atom is 0.0722 e. The molecule has 4 rings (SSSR count). The number of hydrogen-bond donors (Lipinski definition) is 1. The first-order valence-corrected chi connectivity index (χ1v) is 8.27. The zero-order valence-corrected chi connectivity index (χ0v) is 12.9. The Labute approximate surface area is 131 Å². The smallest absolute Gasteiger partial charge is 0.0722 e. The second kappa shape index (κ2) is 5.53. The van der Waals surface area contributed by atoms with Gasteiger partial charge in [-0.15, -0.1) is 0 Å². The Balaban J connectivity index is 1.93. The summed E-state index contributed by atoms with van der Waals surface area (Å²) in [4.78, 5) is 0. The Morgan fingerprint density at radius 1 is 0.864 bits per heavy atom. The average Bonchev–Trinajstić information content (AvgIpc) is 2.71. The van der Waals surface area contributed by atoms with Gasteiger partial charge in [0, 0.05) is 17.6 Å². The molecule has 22 heavy (non-hydrogen) atoms. The zero-order chi connectivity index (χ0) is 14.9. The van der Waals surface area contributed by atoms with Gasteiger partial charge in [0.15, 0.2) is 0 Å². The molecule has 0 radical (unpaired) electrons. The highest BCUT2D eigenvalue weighted by molar-refractivity contribution is 5.94. The molecule has 2 N–H and O–H groups in total. The topological polar surface area (TPSA) is 30.9 Å². The number of fused-ring (bicyclic) bond motifs is 3. The number of para-hydroxylation sites is 1. The van der Waals surface area contributed by atoms with Crippen molar-refractivity contribution in [1.82, 2.24) is 4.57 Å². The van der Waals surface area contributed by atoms with Gasteiger partial charge in [-0.2, -0.15) is 0 Å². The van der Waals surface area contributed by atoms with E-state index in [9.17, 15) is 0 Å². The lowest BCUT2D eigenvalue weighted by molar-refractivity contribution is 0.688. The van der Waals surface area contributed by atoms with E-state index in [1.165, 1.54) is 59.8 Å². The molecule has 112 valence electrons. The number of anilines is 1. The van der Waals surface area contributed by atoms with Gasteiger partial charge in [-0.25, -0.2) is 0 Å². The van der Waals surface area contributed by atoms with E-state index in [2.05, 4.69) is 47.0 Å². The van der Waals surface area contributed by atoms with Crippen molar-refractivity contribution in [2.75, 3.05) is 5.73 Å². The predicted octanol–water partition coefficient (Wildman–Crippen LogP) is 4.54. The monoisotopic (exact) mass is 290 g/mol. The number of nitrogens with zero attached hydrogens (tertiary/aromatic N) is 1. The molecule has 2 nitrogen and oxygen atoms in total. The number of aryl methyl sites for hydroxylation is 1. The summed E-state index contributed by atoms with van der Waals surface area (Å²) in [5.74, 6) is 0. The predicted molar refractivity (Wildman–Crippen MR) is 93.2 cm³/mol. The number of rotatable bonds is 2. The molecule has 0 amide bonds. The molecule has 1 aliphatic rings. The summed E-state index contributed by atoms with van der Waals surface area (Å²) in [7, 11) is 0. The van der Waals surface area contributed by atoms with Crippen molar-refractivity contribution in [3.63, 3.8) is 0 Å². The Hall–Kier alpha value is -2.22. The van der Waals surface area contributed by atoms with Crippen LogP contribution in [0.1, 0.15) is 36.1 Å². The van der Waals surface area contributed by atoms with Crippen LogP contribution in [-0.4, -0.2) is 4.57 Å². The first-order valence-electron chi connectivity index (χ1n) is 8.27. The standard InChI is InChI=1S/C20H22N2/c21-18-12-7-11-17-16-10-5-2-6-13-19(16)22(20(17)18)14-15-8-3-1-4-9-15/h1,3-4,7-9,11-12H,2,5-6,10,13-14,21H2. The number of aromatic nitrogens is 1. The normalized spacial score (nSPS) is 14.7. The summed E-state index contributed by atoms with van der Waals surface area (Å²) in [6, 6.07) is 17.1. The van der Waals surface area contributed by atoms with E-state index in [0.29, 0.717) is 0 Å². The van der Waals surface area contributed by atoms with Crippen LogP contribution >= 0.6 is 0 Å². The van der Waals surface area contributed by atoms with Crippen LogP contribution < -0.4 is 5.73 Å². The summed E-state index contributed by atoms with van der Waals surface area (Å²) in [6.45, 7) is 0.918. The molecule has 3 aromatic rings. The van der Waals surface area contributed by atoms with Crippen LogP contribution in [0.15, 0.2) is 48.5 Å². The molecule has 1 aromatic heterocycles. The highest BCUT2D eigenvalue weighted by atomic mass is 15.0. The second-order valence-electron chi connectivity index (χ2n) is 6.30. The molecule has 1 aliphatic carbocycles. The molecular weight excluding hydrogens is 268 g/mol. The molecule has 0 bridgehead atoms. The van der Waals surface area contributed by atoms with E-state index in [4.69, 9.17) is 5.73 Å². The zero-order valence-electron chi connectivity index (χ0n) is 12.9. The van der Waals surface area contributed by atoms with Gasteiger partial charge in [-0.05, 0) is 42.9 Å². The molecule has 0 spiro atoms. The van der Waals surface area contributed by atoms with Crippen molar-refractivity contribution in [2.45, 2.75) is 38.6 Å². The minimum Gasteiger partial charge on any atom is -0.397 e. The Kier molecular flexibility index (Phi) is 3.38. The maximum atomic E-state index is 6.34. The molecule has 0 aliphatic heterocycles. The third-order valence-corrected chi connectivity index (χ3v) is 4.86. The molecule has 1 heterocycles. The Bertz CT molecular complexity index is 799. The van der Waals surface area contributed by atoms with Crippen molar-refractivity contribution in [3.05, 3.63) is 65.4 Å². The molecule has 0 unspecified atom stereocenters. The van der Waals surface area contributed by atoms with Crippen molar-refractivity contribution < 1.29 is 0 Å². The number of hydrogen-bond acceptors (Lipinski definition) is 1. The third kappa shape index (κ3) is 2.19. The van der Waals surface area contributed by atoms with Crippen LogP contribution in [0.4, 0.5) is 5.69 Å². The molecule has 2 heteroatoms. The maximum absolute atomic E-state index is 6.34. The highest BCUT2D eigenvalue weighted by Gasteiger charge is 2.20. The fourth-order valence-corrected chi connectivity index (χ4v) is 3.84. The lowest BCUT2D eigenvalue weighted by Crippen LogP contribution is -2.06. The summed E-state index contributed by atoms with van der Waals surface area (Å²) < 4.78 is 2.47. The van der Waals surface area contributed by atoms with Crippen molar-refractivity contribution in [3.8, 4) is 0 Å². The Morgan fingerprint density at radius 2 is 1.68 bits per heavy atom.